The van der Waals surface area contributed by atoms with Crippen molar-refractivity contribution in [2.24, 2.45) is 0 Å². The van der Waals surface area contributed by atoms with E-state index in [1.54, 1.807) is 18.9 Å². The van der Waals surface area contributed by atoms with Crippen LogP contribution in [0.5, 0.6) is 0 Å². The van der Waals surface area contributed by atoms with E-state index in [-0.39, 0.29) is 18.1 Å². The number of benzene rings is 1. The minimum Gasteiger partial charge on any atom is -0.383 e. The molecule has 1 aromatic rings. The lowest BCUT2D eigenvalue weighted by atomic mass is 10.1. The highest BCUT2D eigenvalue weighted by molar-refractivity contribution is 7.98. The van der Waals surface area contributed by atoms with Gasteiger partial charge in [0, 0.05) is 12.0 Å². The van der Waals surface area contributed by atoms with Crippen LogP contribution in [0.1, 0.15) is 18.7 Å². The molecule has 0 aliphatic carbocycles. The van der Waals surface area contributed by atoms with E-state index in [1.165, 1.54) is 4.90 Å². The normalized spacial score (nSPS) is 20.9. The molecule has 2 atom stereocenters. The number of hydrogen-bond acceptors (Lipinski definition) is 4. The summed E-state index contributed by atoms with van der Waals surface area (Å²) in [6.07, 6.45) is 2.01. The molecule has 0 aromatic heterocycles. The number of nitrogens with zero attached hydrogens (tertiary/aromatic N) is 1. The van der Waals surface area contributed by atoms with Crippen LogP contribution in [0.15, 0.2) is 29.2 Å². The molecule has 2 unspecified atom stereocenters. The molecule has 1 amide bonds. The van der Waals surface area contributed by atoms with Crippen molar-refractivity contribution in [1.82, 2.24) is 10.2 Å². The Bertz CT molecular complexity index is 436. The summed E-state index contributed by atoms with van der Waals surface area (Å²) in [6.45, 7) is 2.95. The Balaban J connectivity index is 2.19. The van der Waals surface area contributed by atoms with Crippen molar-refractivity contribution in [1.29, 1.82) is 0 Å². The largest absolute Gasteiger partial charge is 0.383 e. The third-order valence-electron chi connectivity index (χ3n) is 3.33. The van der Waals surface area contributed by atoms with E-state index in [0.717, 1.165) is 5.56 Å². The van der Waals surface area contributed by atoms with Crippen molar-refractivity contribution in [3.8, 4) is 0 Å². The number of methoxy groups -OCH3 is 1. The summed E-state index contributed by atoms with van der Waals surface area (Å²) >= 11 is 1.71. The fraction of sp³-hybridized carbons (Fsp3) is 0.500. The van der Waals surface area contributed by atoms with Gasteiger partial charge in [0.1, 0.15) is 6.17 Å². The first-order valence-electron chi connectivity index (χ1n) is 6.34. The zero-order chi connectivity index (χ0) is 13.8. The van der Waals surface area contributed by atoms with Gasteiger partial charge in [-0.05, 0) is 30.9 Å². The Morgan fingerprint density at radius 2 is 2.16 bits per heavy atom. The molecule has 1 saturated heterocycles. The Morgan fingerprint density at radius 1 is 1.47 bits per heavy atom. The second-order valence-corrected chi connectivity index (χ2v) is 5.54. The molecule has 0 radical (unpaired) electrons. The Kier molecular flexibility index (Phi) is 4.85. The summed E-state index contributed by atoms with van der Waals surface area (Å²) in [5.41, 5.74) is 1.12. The number of hydrogen-bond donors (Lipinski definition) is 1. The van der Waals surface area contributed by atoms with Crippen LogP contribution in [-0.2, 0) is 9.53 Å². The molecule has 1 fully saturated rings. The van der Waals surface area contributed by atoms with Gasteiger partial charge in [-0.25, -0.2) is 0 Å². The van der Waals surface area contributed by atoms with Crippen LogP contribution in [0.2, 0.25) is 0 Å². The van der Waals surface area contributed by atoms with Gasteiger partial charge in [-0.3, -0.25) is 10.1 Å². The predicted molar refractivity (Wildman–Crippen MR) is 77.2 cm³/mol. The maximum absolute atomic E-state index is 12.0. The molecule has 1 heterocycles. The molecule has 1 aliphatic heterocycles. The summed E-state index contributed by atoms with van der Waals surface area (Å²) in [7, 11) is 1.66. The van der Waals surface area contributed by atoms with Gasteiger partial charge >= 0.3 is 0 Å². The monoisotopic (exact) mass is 280 g/mol. The van der Waals surface area contributed by atoms with Crippen molar-refractivity contribution >= 4 is 17.7 Å². The van der Waals surface area contributed by atoms with E-state index in [9.17, 15) is 4.79 Å². The Hall–Kier alpha value is -1.04. The molecule has 0 saturated carbocycles. The molecule has 19 heavy (non-hydrogen) atoms. The van der Waals surface area contributed by atoms with Crippen LogP contribution in [0, 0.1) is 0 Å². The van der Waals surface area contributed by atoms with Crippen LogP contribution in [0.25, 0.3) is 0 Å². The zero-order valence-corrected chi connectivity index (χ0v) is 12.4. The zero-order valence-electron chi connectivity index (χ0n) is 11.6. The van der Waals surface area contributed by atoms with Crippen LogP contribution >= 0.6 is 11.8 Å². The quantitative estimate of drug-likeness (QED) is 0.836. The number of thioether (sulfide) groups is 1. The number of carbonyl (C=O) groups excluding carboxylic acids is 1. The smallest absolute Gasteiger partial charge is 0.238 e. The standard InChI is InChI=1S/C14H20N2O2S/c1-10(9-18-2)16-13(17)8-15-14(16)11-4-6-12(19-3)7-5-11/h4-7,10,14-15H,8-9H2,1-3H3. The van der Waals surface area contributed by atoms with Crippen molar-refractivity contribution in [2.45, 2.75) is 24.0 Å². The molecule has 5 heteroatoms. The van der Waals surface area contributed by atoms with Gasteiger partial charge in [-0.1, -0.05) is 12.1 Å². The molecule has 1 aromatic carbocycles. The first-order valence-corrected chi connectivity index (χ1v) is 7.57. The topological polar surface area (TPSA) is 41.6 Å². The number of amides is 1. The minimum atomic E-state index is -0.0476. The summed E-state index contributed by atoms with van der Waals surface area (Å²) in [5, 5.41) is 3.26. The summed E-state index contributed by atoms with van der Waals surface area (Å²) in [5.74, 6) is 0.128. The van der Waals surface area contributed by atoms with Gasteiger partial charge in [0.25, 0.3) is 0 Å². The Morgan fingerprint density at radius 3 is 2.74 bits per heavy atom. The second kappa shape index (κ2) is 6.41. The molecular weight excluding hydrogens is 260 g/mol. The molecule has 0 bridgehead atoms. The summed E-state index contributed by atoms with van der Waals surface area (Å²) in [6, 6.07) is 8.40. The highest BCUT2D eigenvalue weighted by Crippen LogP contribution is 2.26. The lowest BCUT2D eigenvalue weighted by molar-refractivity contribution is -0.131. The Labute approximate surface area is 118 Å². The average Bonchev–Trinajstić information content (AvgIpc) is 2.81. The molecule has 0 spiro atoms. The van der Waals surface area contributed by atoms with Crippen LogP contribution in [0.3, 0.4) is 0 Å². The van der Waals surface area contributed by atoms with E-state index in [1.807, 2.05) is 11.8 Å². The van der Waals surface area contributed by atoms with Crippen molar-refractivity contribution in [2.75, 3.05) is 26.5 Å². The number of carbonyl (C=O) groups is 1. The summed E-state index contributed by atoms with van der Waals surface area (Å²) in [4.78, 5) is 15.1. The minimum absolute atomic E-state index is 0.0476. The molecule has 4 nitrogen and oxygen atoms in total. The van der Waals surface area contributed by atoms with Gasteiger partial charge in [-0.2, -0.15) is 0 Å². The maximum atomic E-state index is 12.0. The second-order valence-electron chi connectivity index (χ2n) is 4.66. The molecular formula is C14H20N2O2S. The van der Waals surface area contributed by atoms with Crippen molar-refractivity contribution < 1.29 is 9.53 Å². The van der Waals surface area contributed by atoms with E-state index in [2.05, 4.69) is 35.8 Å². The van der Waals surface area contributed by atoms with Crippen molar-refractivity contribution in [3.05, 3.63) is 29.8 Å². The number of ether oxygens (including phenoxy) is 1. The van der Waals surface area contributed by atoms with Crippen molar-refractivity contribution in [3.63, 3.8) is 0 Å². The van der Waals surface area contributed by atoms with E-state index >= 15 is 0 Å². The van der Waals surface area contributed by atoms with Gasteiger partial charge in [0.05, 0.1) is 19.2 Å². The van der Waals surface area contributed by atoms with E-state index in [0.29, 0.717) is 13.2 Å². The first kappa shape index (κ1) is 14.4. The highest BCUT2D eigenvalue weighted by atomic mass is 32.2. The van der Waals surface area contributed by atoms with Gasteiger partial charge < -0.3 is 9.64 Å². The first-order chi connectivity index (χ1) is 9.17. The van der Waals surface area contributed by atoms with Gasteiger partial charge in [-0.15, -0.1) is 11.8 Å². The van der Waals surface area contributed by atoms with Gasteiger partial charge in [0.2, 0.25) is 5.91 Å². The van der Waals surface area contributed by atoms with E-state index < -0.39 is 0 Å². The van der Waals surface area contributed by atoms with Crippen LogP contribution in [0.4, 0.5) is 0 Å². The lowest BCUT2D eigenvalue weighted by Gasteiger charge is -2.30. The summed E-state index contributed by atoms with van der Waals surface area (Å²) < 4.78 is 5.16. The molecule has 1 aliphatic rings. The highest BCUT2D eigenvalue weighted by Gasteiger charge is 2.34. The lowest BCUT2D eigenvalue weighted by Crippen LogP contribution is -2.40. The fourth-order valence-corrected chi connectivity index (χ4v) is 2.81. The predicted octanol–water partition coefficient (Wildman–Crippen LogP) is 1.87. The maximum Gasteiger partial charge on any atom is 0.238 e. The SMILES string of the molecule is COCC(C)N1C(=O)CNC1c1ccc(SC)cc1. The number of rotatable bonds is 5. The third-order valence-corrected chi connectivity index (χ3v) is 4.07. The van der Waals surface area contributed by atoms with Crippen LogP contribution < -0.4 is 5.32 Å². The number of nitrogens with one attached hydrogen (secondary N) is 1. The van der Waals surface area contributed by atoms with E-state index in [4.69, 9.17) is 4.74 Å². The fourth-order valence-electron chi connectivity index (χ4n) is 2.40. The molecule has 2 rings (SSSR count). The molecule has 104 valence electrons. The van der Waals surface area contributed by atoms with Crippen LogP contribution in [-0.4, -0.2) is 43.4 Å². The van der Waals surface area contributed by atoms with Gasteiger partial charge in [0.15, 0.2) is 0 Å². The molecule has 1 N–H and O–H groups in total. The third kappa shape index (κ3) is 3.11. The average molecular weight is 280 g/mol.